The van der Waals surface area contributed by atoms with Crippen molar-refractivity contribution >= 4 is 28.9 Å². The van der Waals surface area contributed by atoms with E-state index >= 15 is 0 Å². The lowest BCUT2D eigenvalue weighted by Gasteiger charge is -2.09. The number of amides is 1. The van der Waals surface area contributed by atoms with Gasteiger partial charge >= 0.3 is 5.97 Å². The Kier molecular flexibility index (Phi) is 5.70. The summed E-state index contributed by atoms with van der Waals surface area (Å²) < 4.78 is 4.73. The van der Waals surface area contributed by atoms with Gasteiger partial charge in [-0.3, -0.25) is 9.78 Å². The summed E-state index contributed by atoms with van der Waals surface area (Å²) in [6, 6.07) is 12.4. The zero-order valence-electron chi connectivity index (χ0n) is 14.1. The van der Waals surface area contributed by atoms with Gasteiger partial charge in [-0.2, -0.15) is 0 Å². The SMILES string of the molecule is COC(=O)c1ccccc1NC(=O)CCc1csc(-c2ccccn2)n1. The largest absolute Gasteiger partial charge is 0.465 e. The highest BCUT2D eigenvalue weighted by Crippen LogP contribution is 2.22. The zero-order valence-corrected chi connectivity index (χ0v) is 15.0. The number of hydrogen-bond donors (Lipinski definition) is 1. The number of carbonyl (C=O) groups excluding carboxylic acids is 2. The highest BCUT2D eigenvalue weighted by molar-refractivity contribution is 7.13. The average Bonchev–Trinajstić information content (AvgIpc) is 3.16. The standard InChI is InChI=1S/C19H17N3O3S/c1-25-19(24)14-6-2-3-7-15(14)22-17(23)10-9-13-12-26-18(21-13)16-8-4-5-11-20-16/h2-8,11-12H,9-10H2,1H3,(H,22,23). The van der Waals surface area contributed by atoms with Crippen LogP contribution in [0.4, 0.5) is 5.69 Å². The molecule has 26 heavy (non-hydrogen) atoms. The molecule has 0 spiro atoms. The second-order valence-corrected chi connectivity index (χ2v) is 6.30. The molecule has 1 amide bonds. The number of pyridine rings is 1. The van der Waals surface area contributed by atoms with Gasteiger partial charge in [0.05, 0.1) is 29.7 Å². The third-order valence-corrected chi connectivity index (χ3v) is 4.56. The van der Waals surface area contributed by atoms with Crippen molar-refractivity contribution < 1.29 is 14.3 Å². The number of hydrogen-bond acceptors (Lipinski definition) is 6. The Morgan fingerprint density at radius 3 is 2.73 bits per heavy atom. The van der Waals surface area contributed by atoms with Crippen LogP contribution in [0.5, 0.6) is 0 Å². The molecule has 3 aromatic rings. The molecule has 0 fully saturated rings. The predicted molar refractivity (Wildman–Crippen MR) is 100 cm³/mol. The second-order valence-electron chi connectivity index (χ2n) is 5.44. The molecule has 0 unspecified atom stereocenters. The van der Waals surface area contributed by atoms with Crippen LogP contribution in [0.25, 0.3) is 10.7 Å². The molecule has 0 saturated heterocycles. The Balaban J connectivity index is 1.60. The molecule has 1 N–H and O–H groups in total. The van der Waals surface area contributed by atoms with E-state index in [0.29, 0.717) is 17.7 Å². The van der Waals surface area contributed by atoms with E-state index < -0.39 is 5.97 Å². The van der Waals surface area contributed by atoms with Gasteiger partial charge < -0.3 is 10.1 Å². The lowest BCUT2D eigenvalue weighted by atomic mass is 10.1. The van der Waals surface area contributed by atoms with Crippen molar-refractivity contribution in [2.75, 3.05) is 12.4 Å². The molecular formula is C19H17N3O3S. The van der Waals surface area contributed by atoms with E-state index in [2.05, 4.69) is 15.3 Å². The number of carbonyl (C=O) groups is 2. The predicted octanol–water partition coefficient (Wildman–Crippen LogP) is 3.56. The minimum absolute atomic E-state index is 0.186. The number of rotatable bonds is 6. The van der Waals surface area contributed by atoms with Crippen LogP contribution in [0.3, 0.4) is 0 Å². The maximum absolute atomic E-state index is 12.2. The zero-order chi connectivity index (χ0) is 18.4. The molecule has 1 aromatic carbocycles. The fourth-order valence-electron chi connectivity index (χ4n) is 2.36. The Morgan fingerprint density at radius 2 is 1.96 bits per heavy atom. The number of thiazole rings is 1. The van der Waals surface area contributed by atoms with Crippen molar-refractivity contribution in [3.05, 3.63) is 65.3 Å². The van der Waals surface area contributed by atoms with Crippen molar-refractivity contribution in [1.82, 2.24) is 9.97 Å². The molecular weight excluding hydrogens is 350 g/mol. The first kappa shape index (κ1) is 17.8. The molecule has 0 radical (unpaired) electrons. The van der Waals surface area contributed by atoms with Gasteiger partial charge in [0, 0.05) is 18.0 Å². The van der Waals surface area contributed by atoms with Crippen LogP contribution in [0, 0.1) is 0 Å². The van der Waals surface area contributed by atoms with E-state index in [1.807, 2.05) is 23.6 Å². The molecule has 2 aromatic heterocycles. The van der Waals surface area contributed by atoms with Crippen LogP contribution in [-0.4, -0.2) is 29.0 Å². The summed E-state index contributed by atoms with van der Waals surface area (Å²) in [5.74, 6) is -0.672. The summed E-state index contributed by atoms with van der Waals surface area (Å²) in [5.41, 5.74) is 2.43. The molecule has 0 aliphatic carbocycles. The summed E-state index contributed by atoms with van der Waals surface area (Å²) in [6.45, 7) is 0. The fourth-order valence-corrected chi connectivity index (χ4v) is 3.19. The monoisotopic (exact) mass is 367 g/mol. The van der Waals surface area contributed by atoms with Gasteiger partial charge in [0.1, 0.15) is 5.01 Å². The van der Waals surface area contributed by atoms with Crippen molar-refractivity contribution in [2.24, 2.45) is 0 Å². The third kappa shape index (κ3) is 4.31. The van der Waals surface area contributed by atoms with Crippen molar-refractivity contribution in [2.45, 2.75) is 12.8 Å². The van der Waals surface area contributed by atoms with E-state index in [4.69, 9.17) is 4.74 Å². The van der Waals surface area contributed by atoms with Crippen molar-refractivity contribution in [3.63, 3.8) is 0 Å². The first-order chi connectivity index (χ1) is 12.7. The molecule has 6 nitrogen and oxygen atoms in total. The fraction of sp³-hybridized carbons (Fsp3) is 0.158. The average molecular weight is 367 g/mol. The van der Waals surface area contributed by atoms with Gasteiger partial charge in [-0.05, 0) is 30.7 Å². The molecule has 0 aliphatic rings. The topological polar surface area (TPSA) is 81.2 Å². The van der Waals surface area contributed by atoms with Crippen LogP contribution in [-0.2, 0) is 16.0 Å². The minimum Gasteiger partial charge on any atom is -0.465 e. The molecule has 132 valence electrons. The normalized spacial score (nSPS) is 10.3. The first-order valence-electron chi connectivity index (χ1n) is 8.00. The molecule has 0 aliphatic heterocycles. The Hall–Kier alpha value is -3.06. The summed E-state index contributed by atoms with van der Waals surface area (Å²) in [6.07, 6.45) is 2.50. The van der Waals surface area contributed by atoms with Crippen LogP contribution < -0.4 is 5.32 Å². The van der Waals surface area contributed by atoms with Crippen LogP contribution in [0.15, 0.2) is 54.0 Å². The number of nitrogens with zero attached hydrogens (tertiary/aromatic N) is 2. The van der Waals surface area contributed by atoms with Gasteiger partial charge in [0.25, 0.3) is 0 Å². The van der Waals surface area contributed by atoms with E-state index in [1.165, 1.54) is 18.4 Å². The van der Waals surface area contributed by atoms with Gasteiger partial charge in [-0.1, -0.05) is 18.2 Å². The summed E-state index contributed by atoms with van der Waals surface area (Å²) in [5, 5.41) is 5.52. The van der Waals surface area contributed by atoms with Gasteiger partial charge in [-0.15, -0.1) is 11.3 Å². The first-order valence-corrected chi connectivity index (χ1v) is 8.88. The number of methoxy groups -OCH3 is 1. The number of aromatic nitrogens is 2. The van der Waals surface area contributed by atoms with Crippen molar-refractivity contribution in [3.8, 4) is 10.7 Å². The van der Waals surface area contributed by atoms with E-state index in [1.54, 1.807) is 30.5 Å². The Bertz CT molecular complexity index is 909. The molecule has 0 atom stereocenters. The number of ether oxygens (including phenoxy) is 1. The summed E-state index contributed by atoms with van der Waals surface area (Å²) in [7, 11) is 1.31. The lowest BCUT2D eigenvalue weighted by Crippen LogP contribution is -2.15. The molecule has 3 rings (SSSR count). The number of benzene rings is 1. The molecule has 2 heterocycles. The number of nitrogens with one attached hydrogen (secondary N) is 1. The third-order valence-electron chi connectivity index (χ3n) is 3.65. The highest BCUT2D eigenvalue weighted by Gasteiger charge is 2.14. The highest BCUT2D eigenvalue weighted by atomic mass is 32.1. The van der Waals surface area contributed by atoms with Gasteiger partial charge in [0.2, 0.25) is 5.91 Å². The summed E-state index contributed by atoms with van der Waals surface area (Å²) in [4.78, 5) is 32.8. The Labute approximate surface area is 154 Å². The number of aryl methyl sites for hydroxylation is 1. The molecule has 0 saturated carbocycles. The van der Waals surface area contributed by atoms with Crippen LogP contribution >= 0.6 is 11.3 Å². The van der Waals surface area contributed by atoms with Crippen LogP contribution in [0.1, 0.15) is 22.5 Å². The maximum Gasteiger partial charge on any atom is 0.339 e. The Morgan fingerprint density at radius 1 is 1.15 bits per heavy atom. The van der Waals surface area contributed by atoms with E-state index in [0.717, 1.165) is 16.4 Å². The maximum atomic E-state index is 12.2. The second kappa shape index (κ2) is 8.35. The molecule has 7 heteroatoms. The van der Waals surface area contributed by atoms with Crippen LogP contribution in [0.2, 0.25) is 0 Å². The molecule has 0 bridgehead atoms. The van der Waals surface area contributed by atoms with E-state index in [9.17, 15) is 9.59 Å². The smallest absolute Gasteiger partial charge is 0.339 e. The lowest BCUT2D eigenvalue weighted by molar-refractivity contribution is -0.116. The van der Waals surface area contributed by atoms with Gasteiger partial charge in [0.15, 0.2) is 0 Å². The van der Waals surface area contributed by atoms with E-state index in [-0.39, 0.29) is 12.3 Å². The van der Waals surface area contributed by atoms with Crippen molar-refractivity contribution in [1.29, 1.82) is 0 Å². The quantitative estimate of drug-likeness (QED) is 0.674. The van der Waals surface area contributed by atoms with Gasteiger partial charge in [-0.25, -0.2) is 9.78 Å². The minimum atomic E-state index is -0.486. The number of para-hydroxylation sites is 1. The number of anilines is 1. The number of esters is 1. The summed E-state index contributed by atoms with van der Waals surface area (Å²) >= 11 is 1.50.